The van der Waals surface area contributed by atoms with Gasteiger partial charge in [-0.1, -0.05) is 194 Å². The van der Waals surface area contributed by atoms with Crippen molar-refractivity contribution in [1.29, 1.82) is 0 Å². The highest BCUT2D eigenvalue weighted by atomic mass is 15.1. The first-order valence-electron chi connectivity index (χ1n) is 28.0. The van der Waals surface area contributed by atoms with Gasteiger partial charge >= 0.3 is 0 Å². The van der Waals surface area contributed by atoms with Crippen molar-refractivity contribution in [2.24, 2.45) is 0 Å². The molecule has 0 N–H and O–H groups in total. The molecule has 82 heavy (non-hydrogen) atoms. The van der Waals surface area contributed by atoms with Gasteiger partial charge in [0, 0.05) is 88.1 Å². The van der Waals surface area contributed by atoms with Crippen LogP contribution in [0.5, 0.6) is 0 Å². The predicted molar refractivity (Wildman–Crippen MR) is 341 cm³/mol. The molecule has 0 saturated heterocycles. The lowest BCUT2D eigenvalue weighted by Gasteiger charge is -2.15. The number of pyridine rings is 2. The summed E-state index contributed by atoms with van der Waals surface area (Å²) >= 11 is 0. The minimum atomic E-state index is 0.930. The van der Waals surface area contributed by atoms with Crippen LogP contribution in [-0.4, -0.2) is 28.2 Å². The SMILES string of the molecule is c1ccc(-c2cccc(-c3cccc(-n4c5ccccc5c5ccc6c(c7ccccc7n6-c6cccc(-n7c8ccccc8c8ccc9c%10ccccc%10n(-c%10cccc(-c%11cccc(-c%12ccccc%12)n%11)c%10)c9c87)c6)c54)c3)n2)cc1. The Hall–Kier alpha value is -11.1. The highest BCUT2D eigenvalue weighted by molar-refractivity contribution is 6.27. The van der Waals surface area contributed by atoms with Gasteiger partial charge in [-0.2, -0.15) is 0 Å². The number of rotatable bonds is 8. The Morgan fingerprint density at radius 1 is 0.195 bits per heavy atom. The van der Waals surface area contributed by atoms with Crippen LogP contribution in [0.1, 0.15) is 0 Å². The van der Waals surface area contributed by atoms with Gasteiger partial charge in [-0.25, -0.2) is 9.97 Å². The minimum Gasteiger partial charge on any atom is -0.309 e. The molecule has 6 heteroatoms. The maximum absolute atomic E-state index is 5.21. The van der Waals surface area contributed by atoms with E-state index in [1.807, 2.05) is 12.1 Å². The fourth-order valence-electron chi connectivity index (χ4n) is 13.2. The standard InChI is InChI=1S/C76H48N6/c1-3-20-49(21-4-1)64-34-18-36-66(77-64)51-24-15-26-53(46-51)80-68-38-11-7-30-57(68)60-44-45-72-73(74(60)80)63-33-10-14-41-71(63)79(72)55-28-17-29-56(48-55)82-70-40-13-9-32-59(70)62-43-42-61-58-31-8-12-39-69(58)81(75(61)76(62)82)54-27-16-25-52(47-54)67-37-19-35-65(78-67)50-22-5-2-6-23-50/h1-48H. The molecule has 6 nitrogen and oxygen atoms in total. The second-order valence-corrected chi connectivity index (χ2v) is 21.3. The van der Waals surface area contributed by atoms with E-state index in [1.54, 1.807) is 0 Å². The summed E-state index contributed by atoms with van der Waals surface area (Å²) in [5, 5.41) is 9.62. The Morgan fingerprint density at radius 2 is 0.524 bits per heavy atom. The lowest BCUT2D eigenvalue weighted by atomic mass is 10.1. The summed E-state index contributed by atoms with van der Waals surface area (Å²) in [5.41, 5.74) is 21.6. The van der Waals surface area contributed by atoms with Gasteiger partial charge < -0.3 is 18.3 Å². The van der Waals surface area contributed by atoms with Gasteiger partial charge in [-0.05, 0) is 97.1 Å². The molecule has 0 aliphatic carbocycles. The molecule has 6 aromatic heterocycles. The summed E-state index contributed by atoms with van der Waals surface area (Å²) in [7, 11) is 0. The van der Waals surface area contributed by atoms with E-state index in [2.05, 4.69) is 297 Å². The molecule has 17 aromatic rings. The van der Waals surface area contributed by atoms with Crippen LogP contribution in [-0.2, 0) is 0 Å². The number of hydrogen-bond donors (Lipinski definition) is 0. The van der Waals surface area contributed by atoms with Crippen LogP contribution in [0.25, 0.3) is 155 Å². The normalized spacial score (nSPS) is 11.9. The van der Waals surface area contributed by atoms with Gasteiger partial charge in [0.1, 0.15) is 0 Å². The maximum atomic E-state index is 5.21. The third-order valence-corrected chi connectivity index (χ3v) is 16.7. The molecule has 17 rings (SSSR count). The van der Waals surface area contributed by atoms with Crippen molar-refractivity contribution in [1.82, 2.24) is 28.2 Å². The molecule has 0 amide bonds. The van der Waals surface area contributed by atoms with E-state index in [9.17, 15) is 0 Å². The van der Waals surface area contributed by atoms with Crippen LogP contribution in [0.3, 0.4) is 0 Å². The molecule has 0 aliphatic rings. The number of hydrogen-bond acceptors (Lipinski definition) is 2. The van der Waals surface area contributed by atoms with Crippen molar-refractivity contribution in [3.05, 3.63) is 291 Å². The van der Waals surface area contributed by atoms with Crippen molar-refractivity contribution in [2.45, 2.75) is 0 Å². The average molecular weight is 1050 g/mol. The zero-order chi connectivity index (χ0) is 53.8. The van der Waals surface area contributed by atoms with Crippen molar-refractivity contribution in [3.63, 3.8) is 0 Å². The zero-order valence-corrected chi connectivity index (χ0v) is 44.4. The topological polar surface area (TPSA) is 45.5 Å². The van der Waals surface area contributed by atoms with Gasteiger partial charge in [0.15, 0.2) is 0 Å². The van der Waals surface area contributed by atoms with E-state index >= 15 is 0 Å². The number of aromatic nitrogens is 6. The smallest absolute Gasteiger partial charge is 0.0788 e. The molecule has 6 heterocycles. The largest absolute Gasteiger partial charge is 0.309 e. The molecule has 0 saturated carbocycles. The van der Waals surface area contributed by atoms with Crippen molar-refractivity contribution < 1.29 is 0 Å². The minimum absolute atomic E-state index is 0.930. The van der Waals surface area contributed by atoms with Crippen LogP contribution in [0.2, 0.25) is 0 Å². The predicted octanol–water partition coefficient (Wildman–Crippen LogP) is 19.5. The van der Waals surface area contributed by atoms with Crippen molar-refractivity contribution >= 4 is 87.2 Å². The lowest BCUT2D eigenvalue weighted by Crippen LogP contribution is -2.01. The quantitative estimate of drug-likeness (QED) is 0.152. The summed E-state index contributed by atoms with van der Waals surface area (Å²) in [5.74, 6) is 0. The second-order valence-electron chi connectivity index (χ2n) is 21.3. The first-order valence-corrected chi connectivity index (χ1v) is 28.0. The molecule has 0 unspecified atom stereocenters. The van der Waals surface area contributed by atoms with Gasteiger partial charge in [0.2, 0.25) is 0 Å². The monoisotopic (exact) mass is 1040 g/mol. The number of para-hydroxylation sites is 4. The fraction of sp³-hybridized carbons (Fsp3) is 0. The molecule has 0 spiro atoms. The molecule has 11 aromatic carbocycles. The summed E-state index contributed by atoms with van der Waals surface area (Å²) < 4.78 is 9.92. The molecular weight excluding hydrogens is 997 g/mol. The third kappa shape index (κ3) is 7.01. The van der Waals surface area contributed by atoms with Crippen LogP contribution in [0, 0.1) is 0 Å². The van der Waals surface area contributed by atoms with Gasteiger partial charge in [0.05, 0.1) is 66.9 Å². The van der Waals surface area contributed by atoms with E-state index in [0.29, 0.717) is 0 Å². The molecule has 0 aliphatic heterocycles. The molecule has 0 atom stereocenters. The number of benzene rings is 11. The summed E-state index contributed by atoms with van der Waals surface area (Å²) in [6.07, 6.45) is 0. The second kappa shape index (κ2) is 18.2. The Bertz CT molecular complexity index is 5410. The van der Waals surface area contributed by atoms with Crippen molar-refractivity contribution in [2.75, 3.05) is 0 Å². The molecule has 0 bridgehead atoms. The van der Waals surface area contributed by atoms with E-state index in [1.165, 1.54) is 48.6 Å². The summed E-state index contributed by atoms with van der Waals surface area (Å²) in [6.45, 7) is 0. The Labute approximate surface area is 471 Å². The average Bonchev–Trinajstić information content (AvgIpc) is 2.27. The van der Waals surface area contributed by atoms with E-state index in [-0.39, 0.29) is 0 Å². The summed E-state index contributed by atoms with van der Waals surface area (Å²) in [4.78, 5) is 10.4. The first-order chi connectivity index (χ1) is 40.7. The fourth-order valence-corrected chi connectivity index (χ4v) is 13.2. The molecule has 382 valence electrons. The zero-order valence-electron chi connectivity index (χ0n) is 44.4. The van der Waals surface area contributed by atoms with E-state index < -0.39 is 0 Å². The Kier molecular flexibility index (Phi) is 10.2. The number of nitrogens with zero attached hydrogens (tertiary/aromatic N) is 6. The molecule has 0 radical (unpaired) electrons. The lowest BCUT2D eigenvalue weighted by molar-refractivity contribution is 1.12. The Balaban J connectivity index is 0.874. The van der Waals surface area contributed by atoms with E-state index in [0.717, 1.165) is 106 Å². The van der Waals surface area contributed by atoms with Crippen molar-refractivity contribution in [3.8, 4) is 67.8 Å². The van der Waals surface area contributed by atoms with Gasteiger partial charge in [0.25, 0.3) is 0 Å². The molecule has 0 fully saturated rings. The molecular formula is C76H48N6. The highest BCUT2D eigenvalue weighted by Gasteiger charge is 2.24. The van der Waals surface area contributed by atoms with Gasteiger partial charge in [-0.3, -0.25) is 0 Å². The van der Waals surface area contributed by atoms with E-state index in [4.69, 9.17) is 9.97 Å². The first kappa shape index (κ1) is 45.9. The third-order valence-electron chi connectivity index (χ3n) is 16.7. The van der Waals surface area contributed by atoms with Crippen LogP contribution < -0.4 is 0 Å². The Morgan fingerprint density at radius 3 is 1.01 bits per heavy atom. The highest BCUT2D eigenvalue weighted by Crippen LogP contribution is 2.45. The maximum Gasteiger partial charge on any atom is 0.0788 e. The van der Waals surface area contributed by atoms with Crippen LogP contribution in [0.4, 0.5) is 0 Å². The summed E-state index contributed by atoms with van der Waals surface area (Å²) in [6, 6.07) is 105. The van der Waals surface area contributed by atoms with Gasteiger partial charge in [-0.15, -0.1) is 0 Å². The van der Waals surface area contributed by atoms with Crippen LogP contribution >= 0.6 is 0 Å². The van der Waals surface area contributed by atoms with Crippen LogP contribution in [0.15, 0.2) is 291 Å². The number of fused-ring (bicyclic) bond motifs is 14.